The fourth-order valence-electron chi connectivity index (χ4n) is 7.16. The number of rotatable bonds is 6. The zero-order valence-electron chi connectivity index (χ0n) is 34.1. The summed E-state index contributed by atoms with van der Waals surface area (Å²) in [6.07, 6.45) is 3.49. The van der Waals surface area contributed by atoms with E-state index in [2.05, 4.69) is 83.6 Å². The van der Waals surface area contributed by atoms with Crippen molar-refractivity contribution < 1.29 is 14.4 Å². The van der Waals surface area contributed by atoms with Crippen LogP contribution in [0.4, 0.5) is 11.9 Å². The molecule has 0 aliphatic carbocycles. The summed E-state index contributed by atoms with van der Waals surface area (Å²) >= 11 is 3.19. The highest BCUT2D eigenvalue weighted by Gasteiger charge is 2.09. The quantitative estimate of drug-likeness (QED) is 0.0966. The van der Waals surface area contributed by atoms with E-state index in [9.17, 15) is 14.4 Å². The number of nitrogens with zero attached hydrogens (tertiary/aromatic N) is 2. The number of H-pyrrole nitrogens is 2. The van der Waals surface area contributed by atoms with E-state index < -0.39 is 0 Å². The van der Waals surface area contributed by atoms with Gasteiger partial charge in [-0.3, -0.25) is 19.7 Å². The first-order valence-corrected chi connectivity index (χ1v) is 21.0. The number of halogens is 1. The molecule has 0 bridgehead atoms. The van der Waals surface area contributed by atoms with E-state index in [1.807, 2.05) is 127 Å². The van der Waals surface area contributed by atoms with Crippen LogP contribution in [-0.4, -0.2) is 42.7 Å². The molecule has 0 aliphatic heterocycles. The van der Waals surface area contributed by atoms with Crippen molar-refractivity contribution in [2.24, 2.45) is 0 Å². The van der Waals surface area contributed by atoms with Gasteiger partial charge in [0, 0.05) is 29.2 Å². The lowest BCUT2D eigenvalue weighted by Gasteiger charge is -2.04. The van der Waals surface area contributed by atoms with E-state index in [0.29, 0.717) is 17.2 Å². The number of amides is 1. The molecule has 0 radical (unpaired) electrons. The van der Waals surface area contributed by atoms with Gasteiger partial charge in [-0.2, -0.15) is 0 Å². The number of aromatic amines is 2. The van der Waals surface area contributed by atoms with Crippen molar-refractivity contribution in [2.45, 2.75) is 13.8 Å². The van der Waals surface area contributed by atoms with Crippen LogP contribution in [0.2, 0.25) is 0 Å². The van der Waals surface area contributed by atoms with Crippen LogP contribution in [0, 0.1) is 0 Å². The molecular weight excluding hydrogens is 837 g/mol. The predicted molar refractivity (Wildman–Crippen MR) is 258 cm³/mol. The van der Waals surface area contributed by atoms with Gasteiger partial charge in [0.25, 0.3) is 0 Å². The molecule has 0 saturated carbocycles. The predicted octanol–water partition coefficient (Wildman–Crippen LogP) is 12.5. The van der Waals surface area contributed by atoms with Gasteiger partial charge in [-0.15, -0.1) is 0 Å². The number of nitrogens with one attached hydrogen (secondary N) is 3. The Morgan fingerprint density at radius 3 is 1.39 bits per heavy atom. The second-order valence-electron chi connectivity index (χ2n) is 14.2. The maximum absolute atomic E-state index is 11.6. The summed E-state index contributed by atoms with van der Waals surface area (Å²) in [6, 6.07) is 56.2. The summed E-state index contributed by atoms with van der Waals surface area (Å²) in [5.41, 5.74) is 11.2. The highest BCUT2D eigenvalue weighted by atomic mass is 79.9. The first kappa shape index (κ1) is 42.4. The van der Waals surface area contributed by atoms with E-state index in [1.54, 1.807) is 19.3 Å². The molecule has 8 aromatic carbocycles. The molecule has 306 valence electrons. The second kappa shape index (κ2) is 20.0. The Morgan fingerprint density at radius 1 is 0.516 bits per heavy atom. The maximum Gasteiger partial charge on any atom is 0.223 e. The van der Waals surface area contributed by atoms with Crippen LogP contribution >= 0.6 is 15.9 Å². The first-order valence-electron chi connectivity index (χ1n) is 19.8. The lowest BCUT2D eigenvalue weighted by molar-refractivity contribution is -0.114. The molecule has 1 amide bonds. The van der Waals surface area contributed by atoms with Crippen LogP contribution in [0.15, 0.2) is 182 Å². The number of carbonyl (C=O) groups is 3. The topological polar surface area (TPSA) is 147 Å². The summed E-state index contributed by atoms with van der Waals surface area (Å²) in [5, 5.41) is 12.1. The fourth-order valence-corrected chi connectivity index (χ4v) is 7.46. The molecule has 10 rings (SSSR count). The average Bonchev–Trinajstić information content (AvgIpc) is 3.97. The number of Topliss-reactive ketones (excluding diaryl/α,β-unsaturated/α-hetero) is 2. The number of fused-ring (bicyclic) bond motifs is 4. The Labute approximate surface area is 367 Å². The number of hydrogen-bond donors (Lipinski definition) is 4. The van der Waals surface area contributed by atoms with Crippen molar-refractivity contribution in [1.82, 2.24) is 19.9 Å². The number of carbonyl (C=O) groups excluding carboxylic acids is 3. The number of ketones is 2. The van der Waals surface area contributed by atoms with Gasteiger partial charge >= 0.3 is 0 Å². The molecule has 10 heteroatoms. The molecule has 5 N–H and O–H groups in total. The molecule has 0 fully saturated rings. The largest absolute Gasteiger partial charge is 0.369 e. The number of nitrogen functional groups attached to an aromatic ring is 1. The summed E-state index contributed by atoms with van der Waals surface area (Å²) in [4.78, 5) is 48.2. The van der Waals surface area contributed by atoms with Crippen molar-refractivity contribution in [3.8, 4) is 22.5 Å². The Morgan fingerprint density at radius 2 is 0.919 bits per heavy atom. The molecule has 0 aliphatic rings. The second-order valence-corrected chi connectivity index (χ2v) is 14.8. The van der Waals surface area contributed by atoms with Gasteiger partial charge in [-0.1, -0.05) is 186 Å². The molecule has 0 atom stereocenters. The van der Waals surface area contributed by atoms with Gasteiger partial charge < -0.3 is 15.7 Å². The van der Waals surface area contributed by atoms with Crippen molar-refractivity contribution in [3.05, 3.63) is 193 Å². The van der Waals surface area contributed by atoms with E-state index in [1.165, 1.54) is 23.1 Å². The lowest BCUT2D eigenvalue weighted by atomic mass is 10.0. The molecule has 62 heavy (non-hydrogen) atoms. The van der Waals surface area contributed by atoms with Gasteiger partial charge in [0.05, 0.1) is 29.1 Å². The number of hydrogen-bond acceptors (Lipinski definition) is 6. The SMILES string of the molecule is CC(=O)Nc1ncc(-c2cccc3ccccc23)[nH]1.CC(=O)c1cccc2ccccc12.Nc1ncc(-c2cccc3ccccc23)[nH]1.O=C(CBr)c1cccc2ccccc12. The maximum atomic E-state index is 11.6. The summed E-state index contributed by atoms with van der Waals surface area (Å²) in [7, 11) is 0. The lowest BCUT2D eigenvalue weighted by Crippen LogP contribution is -2.06. The molecule has 0 unspecified atom stereocenters. The zero-order valence-corrected chi connectivity index (χ0v) is 35.7. The Bertz CT molecular complexity index is 3150. The first-order chi connectivity index (χ1) is 30.2. The normalized spacial score (nSPS) is 10.5. The third kappa shape index (κ3) is 10.2. The van der Waals surface area contributed by atoms with E-state index >= 15 is 0 Å². The smallest absolute Gasteiger partial charge is 0.223 e. The van der Waals surface area contributed by atoms with Crippen molar-refractivity contribution in [2.75, 3.05) is 16.4 Å². The Hall–Kier alpha value is -7.69. The van der Waals surface area contributed by atoms with Crippen molar-refractivity contribution >= 4 is 88.4 Å². The standard InChI is InChI=1S/C15H13N3O.C13H11N3.C12H9BrO.C12H10O/c1-10(19)17-15-16-9-14(18-15)13-8-4-6-11-5-2-3-7-12(11)13;14-13-15-8-12(16-13)11-7-3-5-9-4-1-2-6-10(9)11;13-8-12(14)11-7-3-5-9-4-1-2-6-10(9)11;1-9(13)11-8-4-6-10-5-2-3-7-12(10)11/h2-9H,1H3,(H2,16,17,18,19);1-8H,(H3,14,15,16);1-7H,8H2;2-8H,1H3. The van der Waals surface area contributed by atoms with E-state index in [0.717, 1.165) is 60.6 Å². The number of nitrogens with two attached hydrogens (primary N) is 1. The van der Waals surface area contributed by atoms with Crippen LogP contribution in [0.25, 0.3) is 65.6 Å². The minimum absolute atomic E-state index is 0.122. The monoisotopic (exact) mass is 878 g/mol. The number of benzene rings is 8. The van der Waals surface area contributed by atoms with E-state index in [-0.39, 0.29) is 17.5 Å². The van der Waals surface area contributed by atoms with Gasteiger partial charge in [0.2, 0.25) is 11.9 Å². The highest BCUT2D eigenvalue weighted by molar-refractivity contribution is 9.09. The summed E-state index contributed by atoms with van der Waals surface area (Å²) < 4.78 is 0. The van der Waals surface area contributed by atoms with E-state index in [4.69, 9.17) is 5.73 Å². The Balaban J connectivity index is 0.000000126. The van der Waals surface area contributed by atoms with Crippen LogP contribution in [-0.2, 0) is 4.79 Å². The molecule has 2 aromatic heterocycles. The van der Waals surface area contributed by atoms with Crippen LogP contribution in [0.5, 0.6) is 0 Å². The van der Waals surface area contributed by atoms with Gasteiger partial charge in [-0.25, -0.2) is 9.97 Å². The molecule has 0 spiro atoms. The minimum atomic E-state index is -0.140. The van der Waals surface area contributed by atoms with Gasteiger partial charge in [0.15, 0.2) is 17.5 Å². The molecule has 0 saturated heterocycles. The molecule has 10 aromatic rings. The number of aromatic nitrogens is 4. The molecule has 2 heterocycles. The van der Waals surface area contributed by atoms with Crippen LogP contribution in [0.1, 0.15) is 34.6 Å². The third-order valence-corrected chi connectivity index (χ3v) is 10.5. The zero-order chi connectivity index (χ0) is 43.4. The third-order valence-electron chi connectivity index (χ3n) is 10.0. The van der Waals surface area contributed by atoms with Crippen molar-refractivity contribution in [1.29, 1.82) is 0 Å². The van der Waals surface area contributed by atoms with Crippen molar-refractivity contribution in [3.63, 3.8) is 0 Å². The number of alkyl halides is 1. The van der Waals surface area contributed by atoms with Crippen LogP contribution < -0.4 is 11.1 Å². The molecule has 9 nitrogen and oxygen atoms in total. The van der Waals surface area contributed by atoms with Crippen LogP contribution in [0.3, 0.4) is 0 Å². The summed E-state index contributed by atoms with van der Waals surface area (Å²) in [5.74, 6) is 1.02. The average molecular weight is 880 g/mol. The highest BCUT2D eigenvalue weighted by Crippen LogP contribution is 2.29. The van der Waals surface area contributed by atoms with Gasteiger partial charge in [0.1, 0.15) is 0 Å². The van der Waals surface area contributed by atoms with Gasteiger partial charge in [-0.05, 0) is 50.0 Å². The fraction of sp³-hybridized carbons (Fsp3) is 0.0577. The number of imidazole rings is 2. The minimum Gasteiger partial charge on any atom is -0.369 e. The Kier molecular flexibility index (Phi) is 13.7. The number of anilines is 2. The summed E-state index contributed by atoms with van der Waals surface area (Å²) in [6.45, 7) is 3.06. The molecular formula is C52H43BrN6O3.